The molecule has 0 fully saturated rings. The van der Waals surface area contributed by atoms with Crippen LogP contribution >= 0.6 is 11.8 Å². The number of carbonyl (C=O) groups is 1. The van der Waals surface area contributed by atoms with Crippen molar-refractivity contribution in [2.45, 2.75) is 17.3 Å². The van der Waals surface area contributed by atoms with Crippen molar-refractivity contribution in [3.8, 4) is 6.07 Å². The predicted octanol–water partition coefficient (Wildman–Crippen LogP) is 2.92. The number of benzene rings is 1. The van der Waals surface area contributed by atoms with Gasteiger partial charge in [0.15, 0.2) is 5.16 Å². The van der Waals surface area contributed by atoms with Gasteiger partial charge in [-0.3, -0.25) is 0 Å². The van der Waals surface area contributed by atoms with Crippen molar-refractivity contribution >= 4 is 17.7 Å². The summed E-state index contributed by atoms with van der Waals surface area (Å²) in [4.78, 5) is 18.4. The zero-order valence-electron chi connectivity index (χ0n) is 11.1. The molecule has 0 saturated heterocycles. The number of esters is 1. The third-order valence-corrected chi connectivity index (χ3v) is 3.81. The molecule has 1 aromatic carbocycles. The number of nitrogens with one attached hydrogen (secondary N) is 1. The van der Waals surface area contributed by atoms with Crippen LogP contribution in [-0.4, -0.2) is 23.0 Å². The van der Waals surface area contributed by atoms with Crippen molar-refractivity contribution in [2.75, 3.05) is 7.11 Å². The van der Waals surface area contributed by atoms with Gasteiger partial charge in [-0.2, -0.15) is 5.26 Å². The quantitative estimate of drug-likeness (QED) is 0.691. The van der Waals surface area contributed by atoms with Gasteiger partial charge in [0, 0.05) is 5.25 Å². The fraction of sp³-hybridized carbons (Fsp3) is 0.214. The van der Waals surface area contributed by atoms with Crippen LogP contribution in [0.5, 0.6) is 0 Å². The van der Waals surface area contributed by atoms with E-state index in [0.29, 0.717) is 16.4 Å². The lowest BCUT2D eigenvalue weighted by Crippen LogP contribution is -2.00. The first-order chi connectivity index (χ1) is 9.63. The van der Waals surface area contributed by atoms with Crippen LogP contribution in [0.1, 0.15) is 33.8 Å². The van der Waals surface area contributed by atoms with Gasteiger partial charge in [-0.1, -0.05) is 23.9 Å². The molecule has 6 heteroatoms. The van der Waals surface area contributed by atoms with Crippen molar-refractivity contribution in [3.05, 3.63) is 47.3 Å². The van der Waals surface area contributed by atoms with Gasteiger partial charge in [-0.25, -0.2) is 9.78 Å². The van der Waals surface area contributed by atoms with Crippen LogP contribution in [-0.2, 0) is 4.74 Å². The Morgan fingerprint density at radius 3 is 2.75 bits per heavy atom. The molecular weight excluding hydrogens is 274 g/mol. The number of aromatic nitrogens is 2. The van der Waals surface area contributed by atoms with Crippen molar-refractivity contribution in [3.63, 3.8) is 0 Å². The molecular formula is C14H13N3O2S. The van der Waals surface area contributed by atoms with Crippen LogP contribution in [0, 0.1) is 11.3 Å². The molecule has 0 radical (unpaired) electrons. The maximum Gasteiger partial charge on any atom is 0.356 e. The maximum atomic E-state index is 11.3. The van der Waals surface area contributed by atoms with Gasteiger partial charge in [0.05, 0.1) is 24.9 Å². The van der Waals surface area contributed by atoms with Crippen LogP contribution in [0.15, 0.2) is 35.6 Å². The molecule has 0 bridgehead atoms. The predicted molar refractivity (Wildman–Crippen MR) is 75.4 cm³/mol. The number of ether oxygens (including phenoxy) is 1. The molecule has 20 heavy (non-hydrogen) atoms. The SMILES string of the molecule is COC(=O)c1cnc(S[C@H](C)c2ccc(C#N)cc2)[nH]1. The maximum absolute atomic E-state index is 11.3. The Morgan fingerprint density at radius 1 is 1.45 bits per heavy atom. The van der Waals surface area contributed by atoms with Crippen LogP contribution in [0.4, 0.5) is 0 Å². The first kappa shape index (κ1) is 14.2. The van der Waals surface area contributed by atoms with Crippen LogP contribution in [0.25, 0.3) is 0 Å². The first-order valence-corrected chi connectivity index (χ1v) is 6.82. The van der Waals surface area contributed by atoms with Crippen LogP contribution < -0.4 is 0 Å². The van der Waals surface area contributed by atoms with E-state index in [1.807, 2.05) is 19.1 Å². The monoisotopic (exact) mass is 287 g/mol. The smallest absolute Gasteiger partial charge is 0.356 e. The van der Waals surface area contributed by atoms with E-state index in [1.54, 1.807) is 12.1 Å². The number of nitrogens with zero attached hydrogens (tertiary/aromatic N) is 2. The molecule has 102 valence electrons. The Morgan fingerprint density at radius 2 is 2.15 bits per heavy atom. The summed E-state index contributed by atoms with van der Waals surface area (Å²) in [6, 6.07) is 9.49. The molecule has 0 amide bonds. The summed E-state index contributed by atoms with van der Waals surface area (Å²) >= 11 is 1.50. The van der Waals surface area contributed by atoms with Crippen molar-refractivity contribution in [2.24, 2.45) is 0 Å². The normalized spacial score (nSPS) is 11.7. The second-order valence-corrected chi connectivity index (χ2v) is 5.42. The Balaban J connectivity index is 2.07. The van der Waals surface area contributed by atoms with E-state index >= 15 is 0 Å². The lowest BCUT2D eigenvalue weighted by atomic mass is 10.1. The molecule has 0 saturated carbocycles. The molecule has 5 nitrogen and oxygen atoms in total. The Kier molecular flexibility index (Phi) is 4.43. The average Bonchev–Trinajstić information content (AvgIpc) is 2.95. The van der Waals surface area contributed by atoms with Crippen LogP contribution in [0.2, 0.25) is 0 Å². The first-order valence-electron chi connectivity index (χ1n) is 5.94. The van der Waals surface area contributed by atoms with Gasteiger partial charge in [0.1, 0.15) is 5.69 Å². The Hall–Kier alpha value is -2.26. The highest BCUT2D eigenvalue weighted by molar-refractivity contribution is 7.99. The zero-order chi connectivity index (χ0) is 14.5. The highest BCUT2D eigenvalue weighted by atomic mass is 32.2. The van der Waals surface area contributed by atoms with E-state index in [1.165, 1.54) is 25.1 Å². The summed E-state index contributed by atoms with van der Waals surface area (Å²) in [5.74, 6) is -0.435. The molecule has 2 aromatic rings. The van der Waals surface area contributed by atoms with Gasteiger partial charge < -0.3 is 9.72 Å². The van der Waals surface area contributed by atoms with Crippen molar-refractivity contribution < 1.29 is 9.53 Å². The van der Waals surface area contributed by atoms with Crippen molar-refractivity contribution in [1.29, 1.82) is 5.26 Å². The standard InChI is InChI=1S/C14H13N3O2S/c1-9(11-5-3-10(7-15)4-6-11)20-14-16-8-12(17-14)13(18)19-2/h3-6,8-9H,1-2H3,(H,16,17)/t9-/m1/s1. The Labute approximate surface area is 121 Å². The molecule has 1 N–H and O–H groups in total. The molecule has 0 aliphatic carbocycles. The van der Waals surface area contributed by atoms with Gasteiger partial charge >= 0.3 is 5.97 Å². The second kappa shape index (κ2) is 6.26. The van der Waals surface area contributed by atoms with Gasteiger partial charge in [0.2, 0.25) is 0 Å². The fourth-order valence-electron chi connectivity index (χ4n) is 1.64. The summed E-state index contributed by atoms with van der Waals surface area (Å²) < 4.78 is 4.61. The fourth-order valence-corrected chi connectivity index (χ4v) is 2.55. The minimum absolute atomic E-state index is 0.152. The number of rotatable bonds is 4. The topological polar surface area (TPSA) is 78.8 Å². The van der Waals surface area contributed by atoms with E-state index in [4.69, 9.17) is 5.26 Å². The minimum atomic E-state index is -0.435. The van der Waals surface area contributed by atoms with Gasteiger partial charge in [-0.05, 0) is 24.6 Å². The molecule has 0 aliphatic rings. The average molecular weight is 287 g/mol. The van der Waals surface area contributed by atoms with Gasteiger partial charge in [0.25, 0.3) is 0 Å². The number of H-pyrrole nitrogens is 1. The van der Waals surface area contributed by atoms with E-state index in [-0.39, 0.29) is 5.25 Å². The van der Waals surface area contributed by atoms with E-state index < -0.39 is 5.97 Å². The number of methoxy groups -OCH3 is 1. The molecule has 0 aliphatic heterocycles. The molecule has 1 aromatic heterocycles. The van der Waals surface area contributed by atoms with Crippen molar-refractivity contribution in [1.82, 2.24) is 9.97 Å². The molecule has 1 atom stereocenters. The zero-order valence-corrected chi connectivity index (χ0v) is 11.9. The Bertz CT molecular complexity index is 643. The molecule has 0 spiro atoms. The number of thioether (sulfide) groups is 1. The van der Waals surface area contributed by atoms with E-state index in [9.17, 15) is 4.79 Å². The summed E-state index contributed by atoms with van der Waals surface area (Å²) in [6.07, 6.45) is 1.46. The molecule has 1 heterocycles. The number of imidazole rings is 1. The summed E-state index contributed by atoms with van der Waals surface area (Å²) in [6.45, 7) is 2.03. The number of aromatic amines is 1. The molecule has 0 unspecified atom stereocenters. The lowest BCUT2D eigenvalue weighted by Gasteiger charge is -2.09. The van der Waals surface area contributed by atoms with E-state index in [2.05, 4.69) is 20.8 Å². The number of hydrogen-bond acceptors (Lipinski definition) is 5. The highest BCUT2D eigenvalue weighted by Crippen LogP contribution is 2.32. The van der Waals surface area contributed by atoms with E-state index in [0.717, 1.165) is 5.56 Å². The number of nitriles is 1. The summed E-state index contributed by atoms with van der Waals surface area (Å²) in [5.41, 5.74) is 2.06. The third kappa shape index (κ3) is 3.19. The third-order valence-electron chi connectivity index (χ3n) is 2.76. The lowest BCUT2D eigenvalue weighted by molar-refractivity contribution is 0.0594. The second-order valence-electron chi connectivity index (χ2n) is 4.09. The number of hydrogen-bond donors (Lipinski definition) is 1. The largest absolute Gasteiger partial charge is 0.464 e. The number of carbonyl (C=O) groups excluding carboxylic acids is 1. The summed E-state index contributed by atoms with van der Waals surface area (Å²) in [5, 5.41) is 9.57. The van der Waals surface area contributed by atoms with Crippen LogP contribution in [0.3, 0.4) is 0 Å². The highest BCUT2D eigenvalue weighted by Gasteiger charge is 2.13. The minimum Gasteiger partial charge on any atom is -0.464 e. The summed E-state index contributed by atoms with van der Waals surface area (Å²) in [7, 11) is 1.33. The molecule has 2 rings (SSSR count). The van der Waals surface area contributed by atoms with Gasteiger partial charge in [-0.15, -0.1) is 0 Å².